The molecule has 1 aromatic carbocycles. The zero-order chi connectivity index (χ0) is 22.0. The standard InChI is InChI=1S/C24H21FN4OS/c1-4-20-22(29-24(31-20)18-8-6-12-26-15(18)3)16-10-11-21(27-13-16)28-23(30)17-7-5-9-19(25)14(17)2/h5-13H,4H2,1-3H3,(H,27,28,30). The van der Waals surface area contributed by atoms with Gasteiger partial charge in [-0.1, -0.05) is 13.0 Å². The molecule has 0 atom stereocenters. The second-order valence-corrected chi connectivity index (χ2v) is 8.16. The summed E-state index contributed by atoms with van der Waals surface area (Å²) in [7, 11) is 0. The molecule has 156 valence electrons. The van der Waals surface area contributed by atoms with Gasteiger partial charge in [-0.2, -0.15) is 0 Å². The van der Waals surface area contributed by atoms with Gasteiger partial charge in [0.15, 0.2) is 0 Å². The molecule has 31 heavy (non-hydrogen) atoms. The van der Waals surface area contributed by atoms with E-state index in [9.17, 15) is 9.18 Å². The number of hydrogen-bond acceptors (Lipinski definition) is 5. The third kappa shape index (κ3) is 4.22. The number of nitrogens with one attached hydrogen (secondary N) is 1. The molecule has 5 nitrogen and oxygen atoms in total. The number of anilines is 1. The first-order valence-corrected chi connectivity index (χ1v) is 10.7. The molecular formula is C24H21FN4OS. The van der Waals surface area contributed by atoms with Gasteiger partial charge < -0.3 is 5.32 Å². The molecule has 4 rings (SSSR count). The number of amides is 1. The number of aromatic nitrogens is 3. The number of hydrogen-bond donors (Lipinski definition) is 1. The van der Waals surface area contributed by atoms with Crippen LogP contribution in [0.5, 0.6) is 0 Å². The Balaban J connectivity index is 1.59. The first kappa shape index (κ1) is 20.8. The lowest BCUT2D eigenvalue weighted by molar-refractivity contribution is 0.102. The van der Waals surface area contributed by atoms with Gasteiger partial charge in [0.1, 0.15) is 16.6 Å². The fourth-order valence-corrected chi connectivity index (χ4v) is 4.39. The lowest BCUT2D eigenvalue weighted by atomic mass is 10.1. The monoisotopic (exact) mass is 432 g/mol. The summed E-state index contributed by atoms with van der Waals surface area (Å²) in [5.41, 5.74) is 4.32. The van der Waals surface area contributed by atoms with Crippen molar-refractivity contribution in [3.05, 3.63) is 82.4 Å². The minimum absolute atomic E-state index is 0.287. The summed E-state index contributed by atoms with van der Waals surface area (Å²) in [6, 6.07) is 12.0. The number of aryl methyl sites for hydroxylation is 2. The normalized spacial score (nSPS) is 10.8. The van der Waals surface area contributed by atoms with Crippen LogP contribution in [0, 0.1) is 19.7 Å². The Morgan fingerprint density at radius 3 is 2.65 bits per heavy atom. The number of carbonyl (C=O) groups excluding carboxylic acids is 1. The summed E-state index contributed by atoms with van der Waals surface area (Å²) >= 11 is 1.65. The number of carbonyl (C=O) groups is 1. The molecule has 0 saturated carbocycles. The predicted molar refractivity (Wildman–Crippen MR) is 122 cm³/mol. The lowest BCUT2D eigenvalue weighted by Crippen LogP contribution is -2.14. The summed E-state index contributed by atoms with van der Waals surface area (Å²) in [6.45, 7) is 5.65. The van der Waals surface area contributed by atoms with Gasteiger partial charge in [-0.15, -0.1) is 11.3 Å². The third-order valence-corrected chi connectivity index (χ3v) is 6.28. The van der Waals surface area contributed by atoms with E-state index in [1.807, 2.05) is 25.1 Å². The zero-order valence-electron chi connectivity index (χ0n) is 17.4. The first-order valence-electron chi connectivity index (χ1n) is 9.92. The number of nitrogens with zero attached hydrogens (tertiary/aromatic N) is 3. The van der Waals surface area contributed by atoms with Gasteiger partial charge in [-0.3, -0.25) is 9.78 Å². The van der Waals surface area contributed by atoms with E-state index in [2.05, 4.69) is 22.2 Å². The maximum Gasteiger partial charge on any atom is 0.257 e. The number of thiazole rings is 1. The lowest BCUT2D eigenvalue weighted by Gasteiger charge is -2.08. The van der Waals surface area contributed by atoms with E-state index in [-0.39, 0.29) is 5.56 Å². The van der Waals surface area contributed by atoms with Gasteiger partial charge in [0.25, 0.3) is 5.91 Å². The number of halogens is 1. The van der Waals surface area contributed by atoms with Crippen molar-refractivity contribution in [2.45, 2.75) is 27.2 Å². The highest BCUT2D eigenvalue weighted by Gasteiger charge is 2.16. The number of pyridine rings is 2. The van der Waals surface area contributed by atoms with Crippen molar-refractivity contribution in [3.63, 3.8) is 0 Å². The average Bonchev–Trinajstić information content (AvgIpc) is 3.20. The number of benzene rings is 1. The van der Waals surface area contributed by atoms with E-state index in [4.69, 9.17) is 4.98 Å². The van der Waals surface area contributed by atoms with E-state index >= 15 is 0 Å². The highest BCUT2D eigenvalue weighted by atomic mass is 32.1. The van der Waals surface area contributed by atoms with Crippen molar-refractivity contribution in [2.75, 3.05) is 5.32 Å². The smallest absolute Gasteiger partial charge is 0.257 e. The van der Waals surface area contributed by atoms with Crippen molar-refractivity contribution < 1.29 is 9.18 Å². The molecule has 0 aliphatic rings. The van der Waals surface area contributed by atoms with Crippen LogP contribution >= 0.6 is 11.3 Å². The maximum atomic E-state index is 13.7. The fraction of sp³-hybridized carbons (Fsp3) is 0.167. The maximum absolute atomic E-state index is 13.7. The Bertz CT molecular complexity index is 1250. The molecule has 0 aliphatic heterocycles. The Hall–Kier alpha value is -3.45. The van der Waals surface area contributed by atoms with Gasteiger partial charge in [0.2, 0.25) is 0 Å². The van der Waals surface area contributed by atoms with Crippen molar-refractivity contribution in [1.29, 1.82) is 0 Å². The van der Waals surface area contributed by atoms with E-state index in [1.165, 1.54) is 12.1 Å². The van der Waals surface area contributed by atoms with Crippen LogP contribution in [-0.2, 0) is 6.42 Å². The van der Waals surface area contributed by atoms with Crippen molar-refractivity contribution in [2.24, 2.45) is 0 Å². The Kier molecular flexibility index (Phi) is 5.86. The summed E-state index contributed by atoms with van der Waals surface area (Å²) < 4.78 is 13.7. The Morgan fingerprint density at radius 2 is 1.94 bits per heavy atom. The van der Waals surface area contributed by atoms with Crippen molar-refractivity contribution in [1.82, 2.24) is 15.0 Å². The summed E-state index contributed by atoms with van der Waals surface area (Å²) in [5, 5.41) is 3.66. The van der Waals surface area contributed by atoms with Gasteiger partial charge in [-0.25, -0.2) is 14.4 Å². The third-order valence-electron chi connectivity index (χ3n) is 5.05. The van der Waals surface area contributed by atoms with Crippen LogP contribution < -0.4 is 5.32 Å². The van der Waals surface area contributed by atoms with Crippen LogP contribution in [0.25, 0.3) is 21.8 Å². The first-order chi connectivity index (χ1) is 15.0. The second kappa shape index (κ2) is 8.73. The van der Waals surface area contributed by atoms with Crippen LogP contribution in [0.4, 0.5) is 10.2 Å². The van der Waals surface area contributed by atoms with Gasteiger partial charge in [-0.05, 0) is 62.2 Å². The Morgan fingerprint density at radius 1 is 1.10 bits per heavy atom. The number of rotatable bonds is 5. The molecule has 0 bridgehead atoms. The second-order valence-electron chi connectivity index (χ2n) is 7.08. The van der Waals surface area contributed by atoms with Crippen molar-refractivity contribution >= 4 is 23.1 Å². The van der Waals surface area contributed by atoms with E-state index < -0.39 is 11.7 Å². The molecule has 1 amide bonds. The van der Waals surface area contributed by atoms with Gasteiger partial charge >= 0.3 is 0 Å². The summed E-state index contributed by atoms with van der Waals surface area (Å²) in [4.78, 5) is 27.2. The Labute approximate surface area is 184 Å². The highest BCUT2D eigenvalue weighted by Crippen LogP contribution is 2.35. The van der Waals surface area contributed by atoms with E-state index in [0.29, 0.717) is 11.4 Å². The molecule has 0 fully saturated rings. The van der Waals surface area contributed by atoms with Gasteiger partial charge in [0, 0.05) is 39.7 Å². The quantitative estimate of drug-likeness (QED) is 0.430. The largest absolute Gasteiger partial charge is 0.307 e. The predicted octanol–water partition coefficient (Wildman–Crippen LogP) is 5.84. The van der Waals surface area contributed by atoms with E-state index in [1.54, 1.807) is 42.8 Å². The van der Waals surface area contributed by atoms with Crippen LogP contribution in [0.1, 0.15) is 33.4 Å². The molecule has 7 heteroatoms. The van der Waals surface area contributed by atoms with E-state index in [0.717, 1.165) is 38.8 Å². The summed E-state index contributed by atoms with van der Waals surface area (Å²) in [6.07, 6.45) is 4.32. The summed E-state index contributed by atoms with van der Waals surface area (Å²) in [5.74, 6) is -0.408. The van der Waals surface area contributed by atoms with Crippen molar-refractivity contribution in [3.8, 4) is 21.8 Å². The molecule has 0 radical (unpaired) electrons. The fourth-order valence-electron chi connectivity index (χ4n) is 3.29. The van der Waals surface area contributed by atoms with Gasteiger partial charge in [0.05, 0.1) is 5.69 Å². The molecule has 0 saturated heterocycles. The SMILES string of the molecule is CCc1sc(-c2cccnc2C)nc1-c1ccc(NC(=O)c2cccc(F)c2C)nc1. The van der Waals surface area contributed by atoms with Crippen LogP contribution in [0.15, 0.2) is 54.9 Å². The molecule has 3 heterocycles. The van der Waals surface area contributed by atoms with Crippen LogP contribution in [0.3, 0.4) is 0 Å². The van der Waals surface area contributed by atoms with Crippen LogP contribution in [-0.4, -0.2) is 20.9 Å². The molecule has 0 spiro atoms. The molecule has 1 N–H and O–H groups in total. The molecule has 0 aliphatic carbocycles. The average molecular weight is 433 g/mol. The minimum Gasteiger partial charge on any atom is -0.307 e. The molecular weight excluding hydrogens is 411 g/mol. The highest BCUT2D eigenvalue weighted by molar-refractivity contribution is 7.15. The molecule has 4 aromatic rings. The topological polar surface area (TPSA) is 67.8 Å². The van der Waals surface area contributed by atoms with Crippen LogP contribution in [0.2, 0.25) is 0 Å². The molecule has 3 aromatic heterocycles. The minimum atomic E-state index is -0.411. The zero-order valence-corrected chi connectivity index (χ0v) is 18.3. The molecule has 0 unspecified atom stereocenters.